The molecule has 0 saturated carbocycles. The number of nitrogens with zero attached hydrogens (tertiary/aromatic N) is 1. The van der Waals surface area contributed by atoms with E-state index >= 15 is 0 Å². The Morgan fingerprint density at radius 3 is 2.94 bits per heavy atom. The molecule has 17 heavy (non-hydrogen) atoms. The molecule has 0 unspecified atom stereocenters. The van der Waals surface area contributed by atoms with Crippen molar-refractivity contribution in [2.45, 2.75) is 13.3 Å². The van der Waals surface area contributed by atoms with E-state index in [-0.39, 0.29) is 5.69 Å². The minimum Gasteiger partial charge on any atom is -0.492 e. The van der Waals surface area contributed by atoms with Gasteiger partial charge in [0.15, 0.2) is 0 Å². The SMILES string of the molecule is CCNCCCOc1cc([N+](=O)[O-])ccc1Cl. The highest BCUT2D eigenvalue weighted by Crippen LogP contribution is 2.28. The number of nitrogens with one attached hydrogen (secondary N) is 1. The number of nitro groups is 1. The normalized spacial score (nSPS) is 10.2. The van der Waals surface area contributed by atoms with E-state index in [1.807, 2.05) is 6.92 Å². The molecule has 0 heterocycles. The van der Waals surface area contributed by atoms with Crippen molar-refractivity contribution in [3.63, 3.8) is 0 Å². The van der Waals surface area contributed by atoms with Gasteiger partial charge in [0.1, 0.15) is 5.75 Å². The molecule has 0 atom stereocenters. The predicted molar refractivity (Wildman–Crippen MR) is 66.8 cm³/mol. The van der Waals surface area contributed by atoms with Crippen LogP contribution in [0.3, 0.4) is 0 Å². The monoisotopic (exact) mass is 258 g/mol. The van der Waals surface area contributed by atoms with Gasteiger partial charge in [-0.1, -0.05) is 18.5 Å². The highest BCUT2D eigenvalue weighted by Gasteiger charge is 2.10. The highest BCUT2D eigenvalue weighted by molar-refractivity contribution is 6.32. The van der Waals surface area contributed by atoms with Gasteiger partial charge in [-0.3, -0.25) is 10.1 Å². The number of rotatable bonds is 7. The summed E-state index contributed by atoms with van der Waals surface area (Å²) in [7, 11) is 0. The van der Waals surface area contributed by atoms with Crippen molar-refractivity contribution in [1.82, 2.24) is 5.32 Å². The summed E-state index contributed by atoms with van der Waals surface area (Å²) in [5.74, 6) is 0.359. The molecular weight excluding hydrogens is 244 g/mol. The Morgan fingerprint density at radius 2 is 2.29 bits per heavy atom. The van der Waals surface area contributed by atoms with Gasteiger partial charge in [-0.25, -0.2) is 0 Å². The lowest BCUT2D eigenvalue weighted by atomic mass is 10.3. The van der Waals surface area contributed by atoms with Gasteiger partial charge in [0.05, 0.1) is 22.6 Å². The summed E-state index contributed by atoms with van der Waals surface area (Å²) >= 11 is 5.88. The van der Waals surface area contributed by atoms with Crippen molar-refractivity contribution in [2.24, 2.45) is 0 Å². The average Bonchev–Trinajstić information content (AvgIpc) is 2.30. The lowest BCUT2D eigenvalue weighted by molar-refractivity contribution is -0.384. The Hall–Kier alpha value is -1.33. The summed E-state index contributed by atoms with van der Waals surface area (Å²) < 4.78 is 5.40. The number of nitro benzene ring substituents is 1. The Morgan fingerprint density at radius 1 is 1.53 bits per heavy atom. The molecule has 0 saturated heterocycles. The minimum absolute atomic E-state index is 0.0175. The summed E-state index contributed by atoms with van der Waals surface area (Å²) in [6.07, 6.45) is 0.826. The summed E-state index contributed by atoms with van der Waals surface area (Å²) in [6.45, 7) is 4.27. The van der Waals surface area contributed by atoms with Crippen molar-refractivity contribution in [1.29, 1.82) is 0 Å². The fourth-order valence-electron chi connectivity index (χ4n) is 1.27. The first-order valence-corrected chi connectivity index (χ1v) is 5.80. The van der Waals surface area contributed by atoms with Crippen LogP contribution in [0.5, 0.6) is 5.75 Å². The van der Waals surface area contributed by atoms with Crippen LogP contribution in [-0.2, 0) is 0 Å². The minimum atomic E-state index is -0.470. The zero-order valence-electron chi connectivity index (χ0n) is 9.61. The number of ether oxygens (including phenoxy) is 1. The van der Waals surface area contributed by atoms with Crippen LogP contribution in [0, 0.1) is 10.1 Å². The van der Waals surface area contributed by atoms with Crippen LogP contribution in [0.25, 0.3) is 0 Å². The van der Waals surface area contributed by atoms with E-state index in [2.05, 4.69) is 5.32 Å². The van der Waals surface area contributed by atoms with E-state index < -0.39 is 4.92 Å². The highest BCUT2D eigenvalue weighted by atomic mass is 35.5. The molecule has 6 heteroatoms. The van der Waals surface area contributed by atoms with Gasteiger partial charge in [-0.05, 0) is 25.6 Å². The zero-order chi connectivity index (χ0) is 12.7. The molecule has 0 aliphatic rings. The molecule has 1 rings (SSSR count). The van der Waals surface area contributed by atoms with Crippen molar-refractivity contribution in [2.75, 3.05) is 19.7 Å². The quantitative estimate of drug-likeness (QED) is 0.464. The van der Waals surface area contributed by atoms with Gasteiger partial charge in [0.2, 0.25) is 0 Å². The van der Waals surface area contributed by atoms with Crippen molar-refractivity contribution >= 4 is 17.3 Å². The van der Waals surface area contributed by atoms with Crippen LogP contribution < -0.4 is 10.1 Å². The Labute approximate surface area is 105 Å². The van der Waals surface area contributed by atoms with Gasteiger partial charge >= 0.3 is 0 Å². The van der Waals surface area contributed by atoms with E-state index in [1.54, 1.807) is 0 Å². The summed E-state index contributed by atoms with van der Waals surface area (Å²) in [4.78, 5) is 10.1. The molecule has 0 spiro atoms. The number of non-ortho nitro benzene ring substituents is 1. The number of benzene rings is 1. The molecule has 0 fully saturated rings. The summed E-state index contributed by atoms with van der Waals surface area (Å²) in [5, 5.41) is 14.1. The molecular formula is C11H15ClN2O3. The van der Waals surface area contributed by atoms with Crippen molar-refractivity contribution in [3.05, 3.63) is 33.3 Å². The average molecular weight is 259 g/mol. The Kier molecular flexibility index (Phi) is 5.72. The zero-order valence-corrected chi connectivity index (χ0v) is 10.4. The third-order valence-electron chi connectivity index (χ3n) is 2.13. The topological polar surface area (TPSA) is 64.4 Å². The molecule has 0 aromatic heterocycles. The number of hydrogen-bond donors (Lipinski definition) is 1. The van der Waals surface area contributed by atoms with Gasteiger partial charge in [-0.2, -0.15) is 0 Å². The second-order valence-electron chi connectivity index (χ2n) is 3.43. The Bertz CT molecular complexity index is 385. The third kappa shape index (κ3) is 4.58. The predicted octanol–water partition coefficient (Wildman–Crippen LogP) is 2.63. The van der Waals surface area contributed by atoms with Crippen LogP contribution in [0.4, 0.5) is 5.69 Å². The van der Waals surface area contributed by atoms with Crippen LogP contribution >= 0.6 is 11.6 Å². The molecule has 0 amide bonds. The van der Waals surface area contributed by atoms with E-state index in [0.29, 0.717) is 17.4 Å². The molecule has 1 N–H and O–H groups in total. The molecule has 1 aromatic rings. The lowest BCUT2D eigenvalue weighted by Crippen LogP contribution is -2.16. The molecule has 94 valence electrons. The van der Waals surface area contributed by atoms with Gasteiger partial charge in [-0.15, -0.1) is 0 Å². The van der Waals surface area contributed by atoms with Crippen molar-refractivity contribution < 1.29 is 9.66 Å². The van der Waals surface area contributed by atoms with E-state index in [9.17, 15) is 10.1 Å². The maximum atomic E-state index is 10.6. The molecule has 5 nitrogen and oxygen atoms in total. The fourth-order valence-corrected chi connectivity index (χ4v) is 1.44. The second-order valence-corrected chi connectivity index (χ2v) is 3.83. The van der Waals surface area contributed by atoms with Crippen LogP contribution in [0.1, 0.15) is 13.3 Å². The second kappa shape index (κ2) is 7.09. The van der Waals surface area contributed by atoms with Gasteiger partial charge in [0.25, 0.3) is 5.69 Å². The summed E-state index contributed by atoms with van der Waals surface area (Å²) in [5.41, 5.74) is -0.0175. The van der Waals surface area contributed by atoms with Crippen LogP contribution in [-0.4, -0.2) is 24.6 Å². The smallest absolute Gasteiger partial charge is 0.273 e. The van der Waals surface area contributed by atoms with Crippen LogP contribution in [0.2, 0.25) is 5.02 Å². The lowest BCUT2D eigenvalue weighted by Gasteiger charge is -2.07. The first-order valence-electron chi connectivity index (χ1n) is 5.42. The fraction of sp³-hybridized carbons (Fsp3) is 0.455. The third-order valence-corrected chi connectivity index (χ3v) is 2.44. The standard InChI is InChI=1S/C11H15ClN2O3/c1-2-13-6-3-7-17-11-8-9(14(15)16)4-5-10(11)12/h4-5,8,13H,2-3,6-7H2,1H3. The first kappa shape index (κ1) is 13.7. The maximum Gasteiger partial charge on any atom is 0.273 e. The first-order chi connectivity index (χ1) is 8.15. The van der Waals surface area contributed by atoms with Crippen molar-refractivity contribution in [3.8, 4) is 5.75 Å². The van der Waals surface area contributed by atoms with E-state index in [4.69, 9.17) is 16.3 Å². The molecule has 0 bridgehead atoms. The van der Waals surface area contributed by atoms with E-state index in [0.717, 1.165) is 19.5 Å². The van der Waals surface area contributed by atoms with Gasteiger partial charge < -0.3 is 10.1 Å². The molecule has 1 aromatic carbocycles. The number of halogens is 1. The largest absolute Gasteiger partial charge is 0.492 e. The maximum absolute atomic E-state index is 10.6. The number of hydrogen-bond acceptors (Lipinski definition) is 4. The van der Waals surface area contributed by atoms with Gasteiger partial charge in [0, 0.05) is 6.07 Å². The molecule has 0 aliphatic carbocycles. The van der Waals surface area contributed by atoms with E-state index in [1.165, 1.54) is 18.2 Å². The molecule has 0 radical (unpaired) electrons. The molecule has 0 aliphatic heterocycles. The van der Waals surface area contributed by atoms with Crippen LogP contribution in [0.15, 0.2) is 18.2 Å². The Balaban J connectivity index is 2.51. The summed E-state index contributed by atoms with van der Waals surface area (Å²) in [6, 6.07) is 4.17.